The van der Waals surface area contributed by atoms with Crippen LogP contribution in [-0.2, 0) is 30.5 Å². The fraction of sp³-hybridized carbons (Fsp3) is 0.226. The Morgan fingerprint density at radius 1 is 0.711 bits per heavy atom. The average Bonchev–Trinajstić information content (AvgIpc) is 2.97. The molecule has 5 nitrogen and oxygen atoms in total. The molecule has 198 valence electrons. The van der Waals surface area contributed by atoms with Gasteiger partial charge in [0, 0.05) is 17.7 Å². The van der Waals surface area contributed by atoms with Gasteiger partial charge in [-0.15, -0.1) is 0 Å². The Morgan fingerprint density at radius 3 is 1.58 bits per heavy atom. The zero-order valence-corrected chi connectivity index (χ0v) is 23.5. The van der Waals surface area contributed by atoms with Crippen molar-refractivity contribution in [2.75, 3.05) is 24.7 Å². The third kappa shape index (κ3) is 7.09. The molecule has 0 aliphatic carbocycles. The van der Waals surface area contributed by atoms with E-state index in [2.05, 4.69) is 15.9 Å². The molecule has 0 fully saturated rings. The lowest BCUT2D eigenvalue weighted by atomic mass is 9.80. The smallest absolute Gasteiger partial charge is 0.208 e. The fourth-order valence-electron chi connectivity index (χ4n) is 4.49. The molecule has 0 aromatic heterocycles. The van der Waals surface area contributed by atoms with Crippen LogP contribution in [0.2, 0.25) is 0 Å². The lowest BCUT2D eigenvalue weighted by molar-refractivity contribution is -0.295. The van der Waals surface area contributed by atoms with Gasteiger partial charge in [-0.05, 0) is 22.3 Å². The Balaban J connectivity index is 1.60. The summed E-state index contributed by atoms with van der Waals surface area (Å²) < 4.78 is 26.3. The molecule has 2 atom stereocenters. The highest BCUT2D eigenvalue weighted by Gasteiger charge is 2.38. The van der Waals surface area contributed by atoms with Crippen molar-refractivity contribution in [2.45, 2.75) is 17.9 Å². The Hall–Kier alpha value is -2.57. The second-order valence-corrected chi connectivity index (χ2v) is 12.4. The Kier molecular flexibility index (Phi) is 10.5. The van der Waals surface area contributed by atoms with E-state index < -0.39 is 19.1 Å². The first kappa shape index (κ1) is 28.4. The standard InChI is InChI=1S/C31H32BrO5P/c32-21-22-38(34,25-26-13-5-1-6-14-26)36-24-30(37-33)23-35-31(27-15-7-2-8-16-27,28-17-9-3-10-18-28)29-19-11-4-12-20-29/h1-20,30,33H,21-25H2. The van der Waals surface area contributed by atoms with Crippen molar-refractivity contribution in [3.8, 4) is 0 Å². The van der Waals surface area contributed by atoms with Crippen LogP contribution >= 0.6 is 23.3 Å². The molecule has 1 N–H and O–H groups in total. The second-order valence-electron chi connectivity index (χ2n) is 8.98. The molecule has 0 saturated heterocycles. The van der Waals surface area contributed by atoms with E-state index in [-0.39, 0.29) is 13.2 Å². The molecular weight excluding hydrogens is 563 g/mol. The number of hydrogen-bond acceptors (Lipinski definition) is 5. The van der Waals surface area contributed by atoms with Crippen LogP contribution in [0.15, 0.2) is 121 Å². The fourth-order valence-corrected chi connectivity index (χ4v) is 7.96. The van der Waals surface area contributed by atoms with Crippen LogP contribution in [-0.4, -0.2) is 36.1 Å². The molecule has 0 aliphatic rings. The Bertz CT molecular complexity index is 1180. The molecule has 0 bridgehead atoms. The van der Waals surface area contributed by atoms with Crippen LogP contribution < -0.4 is 0 Å². The largest absolute Gasteiger partial charge is 0.358 e. The quantitative estimate of drug-likeness (QED) is 0.0531. The Labute approximate surface area is 232 Å². The molecule has 2 unspecified atom stereocenters. The van der Waals surface area contributed by atoms with E-state index in [0.717, 1.165) is 22.3 Å². The van der Waals surface area contributed by atoms with Gasteiger partial charge in [0.05, 0.1) is 13.2 Å². The molecule has 0 saturated carbocycles. The number of benzene rings is 4. The zero-order valence-electron chi connectivity index (χ0n) is 21.1. The molecule has 0 radical (unpaired) electrons. The van der Waals surface area contributed by atoms with Crippen LogP contribution in [0.25, 0.3) is 0 Å². The van der Waals surface area contributed by atoms with E-state index in [1.54, 1.807) is 0 Å². The first-order chi connectivity index (χ1) is 18.6. The van der Waals surface area contributed by atoms with E-state index in [0.29, 0.717) is 17.7 Å². The normalized spacial score (nSPS) is 14.1. The molecule has 4 aromatic rings. The van der Waals surface area contributed by atoms with E-state index in [4.69, 9.17) is 14.1 Å². The number of hydrogen-bond donors (Lipinski definition) is 1. The van der Waals surface area contributed by atoms with Crippen molar-refractivity contribution < 1.29 is 24.0 Å². The minimum Gasteiger partial charge on any atom is -0.358 e. The van der Waals surface area contributed by atoms with E-state index in [1.807, 2.05) is 121 Å². The number of ether oxygens (including phenoxy) is 1. The van der Waals surface area contributed by atoms with Gasteiger partial charge in [0.15, 0.2) is 0 Å². The maximum atomic E-state index is 13.6. The third-order valence-corrected chi connectivity index (χ3v) is 9.74. The summed E-state index contributed by atoms with van der Waals surface area (Å²) in [5.41, 5.74) is 2.77. The number of rotatable bonds is 14. The zero-order chi connectivity index (χ0) is 26.7. The average molecular weight is 595 g/mol. The summed E-state index contributed by atoms with van der Waals surface area (Å²) in [4.78, 5) is 4.79. The van der Waals surface area contributed by atoms with Crippen molar-refractivity contribution in [3.05, 3.63) is 144 Å². The predicted octanol–water partition coefficient (Wildman–Crippen LogP) is 7.74. The van der Waals surface area contributed by atoms with Crippen molar-refractivity contribution in [3.63, 3.8) is 0 Å². The first-order valence-corrected chi connectivity index (χ1v) is 15.6. The van der Waals surface area contributed by atoms with Crippen LogP contribution in [0.1, 0.15) is 22.3 Å². The Morgan fingerprint density at radius 2 is 1.16 bits per heavy atom. The van der Waals surface area contributed by atoms with Crippen molar-refractivity contribution in [1.29, 1.82) is 0 Å². The SMILES string of the molecule is O=P(CCBr)(Cc1ccccc1)OCC(COC(c1ccccc1)(c1ccccc1)c1ccccc1)OO. The van der Waals surface area contributed by atoms with Crippen LogP contribution in [0.5, 0.6) is 0 Å². The van der Waals surface area contributed by atoms with Crippen LogP contribution in [0.4, 0.5) is 0 Å². The summed E-state index contributed by atoms with van der Waals surface area (Å²) in [6.07, 6.45) is -0.187. The summed E-state index contributed by atoms with van der Waals surface area (Å²) in [6, 6.07) is 39.5. The molecule has 38 heavy (non-hydrogen) atoms. The summed E-state index contributed by atoms with van der Waals surface area (Å²) in [5, 5.41) is 10.3. The van der Waals surface area contributed by atoms with Gasteiger partial charge in [0.2, 0.25) is 7.37 Å². The van der Waals surface area contributed by atoms with Gasteiger partial charge in [0.1, 0.15) is 11.7 Å². The minimum atomic E-state index is -3.04. The lowest BCUT2D eigenvalue weighted by Crippen LogP contribution is -2.37. The molecule has 4 aromatic carbocycles. The van der Waals surface area contributed by atoms with Gasteiger partial charge in [-0.1, -0.05) is 137 Å². The van der Waals surface area contributed by atoms with Gasteiger partial charge in [-0.3, -0.25) is 9.82 Å². The molecular formula is C31H32BrO5P. The third-order valence-electron chi connectivity index (χ3n) is 6.36. The molecule has 4 rings (SSSR count). The number of alkyl halides is 1. The van der Waals surface area contributed by atoms with Crippen molar-refractivity contribution >= 4 is 23.3 Å². The van der Waals surface area contributed by atoms with Gasteiger partial charge >= 0.3 is 0 Å². The molecule has 0 spiro atoms. The van der Waals surface area contributed by atoms with E-state index in [1.165, 1.54) is 0 Å². The van der Waals surface area contributed by atoms with Crippen molar-refractivity contribution in [1.82, 2.24) is 0 Å². The molecule has 0 aliphatic heterocycles. The maximum Gasteiger partial charge on any atom is 0.208 e. The summed E-state index contributed by atoms with van der Waals surface area (Å²) in [7, 11) is -3.04. The highest BCUT2D eigenvalue weighted by atomic mass is 79.9. The summed E-state index contributed by atoms with van der Waals surface area (Å²) >= 11 is 3.40. The molecule has 0 heterocycles. The topological polar surface area (TPSA) is 65.0 Å². The van der Waals surface area contributed by atoms with Crippen LogP contribution in [0, 0.1) is 0 Å². The summed E-state index contributed by atoms with van der Waals surface area (Å²) in [5.74, 6) is 0. The lowest BCUT2D eigenvalue weighted by Gasteiger charge is -2.36. The van der Waals surface area contributed by atoms with Gasteiger partial charge in [-0.25, -0.2) is 4.89 Å². The van der Waals surface area contributed by atoms with Crippen LogP contribution in [0.3, 0.4) is 0 Å². The van der Waals surface area contributed by atoms with Crippen molar-refractivity contribution in [2.24, 2.45) is 0 Å². The molecule has 7 heteroatoms. The monoisotopic (exact) mass is 594 g/mol. The van der Waals surface area contributed by atoms with E-state index >= 15 is 0 Å². The number of halogens is 1. The summed E-state index contributed by atoms with van der Waals surface area (Å²) in [6.45, 7) is -0.0864. The second kappa shape index (κ2) is 14.0. The van der Waals surface area contributed by atoms with Gasteiger partial charge < -0.3 is 9.26 Å². The highest BCUT2D eigenvalue weighted by Crippen LogP contribution is 2.50. The van der Waals surface area contributed by atoms with E-state index in [9.17, 15) is 9.82 Å². The molecule has 0 amide bonds. The minimum absolute atomic E-state index is 0.00513. The highest BCUT2D eigenvalue weighted by molar-refractivity contribution is 9.09. The predicted molar refractivity (Wildman–Crippen MR) is 155 cm³/mol. The van der Waals surface area contributed by atoms with Gasteiger partial charge in [0.25, 0.3) is 0 Å². The first-order valence-electron chi connectivity index (χ1n) is 12.5. The maximum absolute atomic E-state index is 13.6. The van der Waals surface area contributed by atoms with Gasteiger partial charge in [-0.2, -0.15) is 0 Å².